The largest absolute Gasteiger partial charge is 0.444 e. The highest BCUT2D eigenvalue weighted by molar-refractivity contribution is 5.70. The lowest BCUT2D eigenvalue weighted by molar-refractivity contribution is -0.0812. The Hall–Kier alpha value is -1.82. The lowest BCUT2D eigenvalue weighted by Gasteiger charge is -2.37. The van der Waals surface area contributed by atoms with Crippen molar-refractivity contribution >= 4 is 6.09 Å². The highest BCUT2D eigenvalue weighted by Crippen LogP contribution is 2.39. The zero-order chi connectivity index (χ0) is 21.2. The molecule has 162 valence electrons. The third kappa shape index (κ3) is 5.62. The first-order valence-electron chi connectivity index (χ1n) is 10.9. The minimum absolute atomic E-state index is 0.0111. The molecule has 1 aromatic rings. The van der Waals surface area contributed by atoms with E-state index in [4.69, 9.17) is 9.47 Å². The van der Waals surface area contributed by atoms with Gasteiger partial charge >= 0.3 is 6.09 Å². The Bertz CT molecular complexity index is 738. The number of hydrogen-bond acceptors (Lipinski definition) is 4. The van der Waals surface area contributed by atoms with Crippen LogP contribution in [0.5, 0.6) is 0 Å². The van der Waals surface area contributed by atoms with Crippen LogP contribution in [0.15, 0.2) is 29.3 Å². The first kappa shape index (κ1) is 21.9. The fourth-order valence-electron chi connectivity index (χ4n) is 4.69. The molecule has 6 heteroatoms. The number of pyridine rings is 1. The van der Waals surface area contributed by atoms with Gasteiger partial charge in [-0.25, -0.2) is 4.79 Å². The first-order valence-corrected chi connectivity index (χ1v) is 10.9. The summed E-state index contributed by atoms with van der Waals surface area (Å²) in [4.78, 5) is 26.4. The van der Waals surface area contributed by atoms with Crippen LogP contribution < -0.4 is 5.43 Å². The smallest absolute Gasteiger partial charge is 0.412 e. The van der Waals surface area contributed by atoms with Crippen LogP contribution in [0.25, 0.3) is 0 Å². The van der Waals surface area contributed by atoms with Gasteiger partial charge in [0.2, 0.25) is 0 Å². The highest BCUT2D eigenvalue weighted by Gasteiger charge is 2.51. The number of carbonyl (C=O) groups excluding carboxylic acids is 1. The van der Waals surface area contributed by atoms with Crippen molar-refractivity contribution in [2.45, 2.75) is 103 Å². The summed E-state index contributed by atoms with van der Waals surface area (Å²) in [7, 11) is 0. The third-order valence-electron chi connectivity index (χ3n) is 5.92. The van der Waals surface area contributed by atoms with Crippen LogP contribution in [0, 0.1) is 5.92 Å². The van der Waals surface area contributed by atoms with E-state index in [1.54, 1.807) is 24.5 Å². The van der Waals surface area contributed by atoms with Crippen molar-refractivity contribution in [3.63, 3.8) is 0 Å². The maximum atomic E-state index is 13.1. The van der Waals surface area contributed by atoms with Crippen molar-refractivity contribution in [1.29, 1.82) is 0 Å². The molecule has 2 atom stereocenters. The molecule has 6 nitrogen and oxygen atoms in total. The van der Waals surface area contributed by atoms with Crippen LogP contribution in [-0.2, 0) is 16.0 Å². The van der Waals surface area contributed by atoms with E-state index in [2.05, 4.69) is 0 Å². The van der Waals surface area contributed by atoms with E-state index < -0.39 is 11.3 Å². The molecule has 0 N–H and O–H groups in total. The maximum absolute atomic E-state index is 13.1. The molecule has 1 saturated carbocycles. The Labute approximate surface area is 174 Å². The van der Waals surface area contributed by atoms with Crippen LogP contribution in [0.2, 0.25) is 0 Å². The Morgan fingerprint density at radius 1 is 1.17 bits per heavy atom. The van der Waals surface area contributed by atoms with Crippen LogP contribution >= 0.6 is 0 Å². The van der Waals surface area contributed by atoms with Crippen LogP contribution in [0.3, 0.4) is 0 Å². The lowest BCUT2D eigenvalue weighted by Crippen LogP contribution is -2.51. The molecule has 0 bridgehead atoms. The molecule has 0 spiro atoms. The van der Waals surface area contributed by atoms with E-state index in [0.717, 1.165) is 6.42 Å². The normalized spacial score (nSPS) is 25.2. The average molecular weight is 405 g/mol. The van der Waals surface area contributed by atoms with Crippen molar-refractivity contribution in [3.05, 3.63) is 34.7 Å². The van der Waals surface area contributed by atoms with Crippen LogP contribution in [-0.4, -0.2) is 39.0 Å². The lowest BCUT2D eigenvalue weighted by atomic mass is 9.83. The number of hydrogen-bond donors (Lipinski definition) is 0. The van der Waals surface area contributed by atoms with Crippen molar-refractivity contribution in [1.82, 2.24) is 9.47 Å². The van der Waals surface area contributed by atoms with Crippen LogP contribution in [0.1, 0.15) is 73.1 Å². The second-order valence-corrected chi connectivity index (χ2v) is 9.99. The minimum Gasteiger partial charge on any atom is -0.444 e. The molecule has 2 fully saturated rings. The van der Waals surface area contributed by atoms with Gasteiger partial charge in [0.15, 0.2) is 5.43 Å². The van der Waals surface area contributed by atoms with E-state index in [0.29, 0.717) is 12.5 Å². The molecule has 0 unspecified atom stereocenters. The fourth-order valence-corrected chi connectivity index (χ4v) is 4.69. The van der Waals surface area contributed by atoms with Crippen LogP contribution in [0.4, 0.5) is 4.79 Å². The molecular weight excluding hydrogens is 368 g/mol. The minimum atomic E-state index is -0.745. The summed E-state index contributed by atoms with van der Waals surface area (Å²) in [6, 6.07) is 3.06. The Kier molecular flexibility index (Phi) is 6.42. The number of carbonyl (C=O) groups is 1. The van der Waals surface area contributed by atoms with Gasteiger partial charge < -0.3 is 14.0 Å². The van der Waals surface area contributed by atoms with Gasteiger partial charge in [-0.15, -0.1) is 0 Å². The van der Waals surface area contributed by atoms with Gasteiger partial charge in [0.25, 0.3) is 0 Å². The Morgan fingerprint density at radius 2 is 1.79 bits per heavy atom. The molecule has 2 heterocycles. The molecule has 1 aliphatic heterocycles. The second kappa shape index (κ2) is 8.50. The van der Waals surface area contributed by atoms with E-state index >= 15 is 0 Å². The topological polar surface area (TPSA) is 60.8 Å². The summed E-state index contributed by atoms with van der Waals surface area (Å²) in [6.07, 6.45) is 10.3. The van der Waals surface area contributed by atoms with E-state index in [1.165, 1.54) is 32.1 Å². The van der Waals surface area contributed by atoms with Gasteiger partial charge in [-0.1, -0.05) is 32.1 Å². The maximum Gasteiger partial charge on any atom is 0.412 e. The fraction of sp³-hybridized carbons (Fsp3) is 0.739. The molecular formula is C23H36N2O4. The number of rotatable bonds is 4. The summed E-state index contributed by atoms with van der Waals surface area (Å²) in [6.45, 7) is 10.2. The zero-order valence-electron chi connectivity index (χ0n) is 18.5. The van der Waals surface area contributed by atoms with Crippen molar-refractivity contribution in [2.24, 2.45) is 5.92 Å². The quantitative estimate of drug-likeness (QED) is 0.738. The van der Waals surface area contributed by atoms with Gasteiger partial charge in [-0.2, -0.15) is 0 Å². The van der Waals surface area contributed by atoms with E-state index in [1.807, 2.05) is 44.1 Å². The number of nitrogens with zero attached hydrogens (tertiary/aromatic N) is 2. The summed E-state index contributed by atoms with van der Waals surface area (Å²) >= 11 is 0. The molecule has 1 amide bonds. The number of ether oxygens (including phenoxy) is 2. The van der Waals surface area contributed by atoms with Gasteiger partial charge in [0, 0.05) is 24.5 Å². The zero-order valence-corrected chi connectivity index (χ0v) is 18.5. The predicted octanol–water partition coefficient (Wildman–Crippen LogP) is 4.56. The summed E-state index contributed by atoms with van der Waals surface area (Å²) < 4.78 is 14.1. The predicted molar refractivity (Wildman–Crippen MR) is 113 cm³/mol. The highest BCUT2D eigenvalue weighted by atomic mass is 16.6. The van der Waals surface area contributed by atoms with Crippen molar-refractivity contribution < 1.29 is 14.3 Å². The van der Waals surface area contributed by atoms with Gasteiger partial charge in [0.05, 0.1) is 18.7 Å². The average Bonchev–Trinajstić information content (AvgIpc) is 2.86. The number of amides is 1. The molecule has 2 aliphatic rings. The summed E-state index contributed by atoms with van der Waals surface area (Å²) in [5, 5.41) is 0. The van der Waals surface area contributed by atoms with Gasteiger partial charge in [0.1, 0.15) is 11.3 Å². The van der Waals surface area contributed by atoms with Crippen molar-refractivity contribution in [2.75, 3.05) is 0 Å². The molecule has 0 radical (unpaired) electrons. The van der Waals surface area contributed by atoms with Gasteiger partial charge in [-0.3, -0.25) is 9.69 Å². The second-order valence-electron chi connectivity index (χ2n) is 9.99. The monoisotopic (exact) mass is 404 g/mol. The third-order valence-corrected chi connectivity index (χ3v) is 5.92. The standard InChI is InChI=1S/C23H36N2O4/c1-22(2,3)29-21(27)25-19(15-17-9-7-6-8-10-17)20(28-23(25,4)5)16-24-13-11-18(26)12-14-24/h11-14,17,19-20H,6-10,15-16H2,1-5H3/t19-,20-/m0/s1. The summed E-state index contributed by atoms with van der Waals surface area (Å²) in [5.41, 5.74) is -1.31. The number of aromatic nitrogens is 1. The molecule has 1 aliphatic carbocycles. The van der Waals surface area contributed by atoms with Gasteiger partial charge in [-0.05, 0) is 47.0 Å². The first-order chi connectivity index (χ1) is 13.5. The SMILES string of the molecule is CC(C)(C)OC(=O)N1[C@@H](CC2CCCCC2)[C@H](Cn2ccc(=O)cc2)OC1(C)C. The molecule has 29 heavy (non-hydrogen) atoms. The molecule has 1 saturated heterocycles. The Balaban J connectivity index is 1.85. The molecule has 1 aromatic heterocycles. The molecule has 3 rings (SSSR count). The molecule has 0 aromatic carbocycles. The van der Waals surface area contributed by atoms with Crippen molar-refractivity contribution in [3.8, 4) is 0 Å². The van der Waals surface area contributed by atoms with E-state index in [-0.39, 0.29) is 23.7 Å². The summed E-state index contributed by atoms with van der Waals surface area (Å²) in [5.74, 6) is 0.604. The van der Waals surface area contributed by atoms with E-state index in [9.17, 15) is 9.59 Å². The Morgan fingerprint density at radius 3 is 2.38 bits per heavy atom.